The molecular weight excluding hydrogens is 262 g/mol. The topological polar surface area (TPSA) is 51.4 Å². The van der Waals surface area contributed by atoms with Crippen LogP contribution in [0.1, 0.15) is 12.1 Å². The third-order valence-electron chi connectivity index (χ3n) is 3.42. The lowest BCUT2D eigenvalue weighted by Crippen LogP contribution is -2.29. The number of hydrogen-bond donors (Lipinski definition) is 1. The number of nitrogens with zero attached hydrogens (tertiary/aromatic N) is 2. The normalized spacial score (nSPS) is 10.4. The molecule has 0 fully saturated rings. The lowest BCUT2D eigenvalue weighted by molar-refractivity contribution is 0.414. The average molecular weight is 285 g/mol. The summed E-state index contributed by atoms with van der Waals surface area (Å²) in [7, 11) is 1.71. The van der Waals surface area contributed by atoms with Gasteiger partial charge < -0.3 is 15.4 Å². The monoisotopic (exact) mass is 285 g/mol. The van der Waals surface area contributed by atoms with Crippen molar-refractivity contribution in [1.82, 2.24) is 4.98 Å². The van der Waals surface area contributed by atoms with Crippen molar-refractivity contribution in [2.24, 2.45) is 5.73 Å². The molecule has 112 valence electrons. The van der Waals surface area contributed by atoms with E-state index < -0.39 is 0 Å². The van der Waals surface area contributed by atoms with E-state index in [9.17, 15) is 0 Å². The van der Waals surface area contributed by atoms with E-state index in [-0.39, 0.29) is 0 Å². The second-order valence-corrected chi connectivity index (χ2v) is 4.87. The van der Waals surface area contributed by atoms with Gasteiger partial charge in [-0.2, -0.15) is 0 Å². The van der Waals surface area contributed by atoms with Crippen molar-refractivity contribution in [3.63, 3.8) is 0 Å². The Bertz CT molecular complexity index is 531. The van der Waals surface area contributed by atoms with Gasteiger partial charge in [0.1, 0.15) is 5.75 Å². The number of benzene rings is 1. The summed E-state index contributed by atoms with van der Waals surface area (Å²) >= 11 is 0. The maximum absolute atomic E-state index is 5.66. The Labute approximate surface area is 126 Å². The Balaban J connectivity index is 2.10. The molecule has 0 saturated heterocycles. The predicted octanol–water partition coefficient (Wildman–Crippen LogP) is 2.49. The van der Waals surface area contributed by atoms with Crippen LogP contribution in [0.25, 0.3) is 0 Å². The molecular formula is C17H23N3O. The zero-order chi connectivity index (χ0) is 14.9. The molecule has 2 rings (SSSR count). The molecule has 0 aliphatic carbocycles. The van der Waals surface area contributed by atoms with Gasteiger partial charge in [0.25, 0.3) is 0 Å². The Kier molecular flexibility index (Phi) is 6.03. The molecule has 0 atom stereocenters. The highest BCUT2D eigenvalue weighted by Crippen LogP contribution is 2.27. The maximum Gasteiger partial charge on any atom is 0.142 e. The molecule has 4 nitrogen and oxygen atoms in total. The first kappa shape index (κ1) is 15.3. The summed E-state index contributed by atoms with van der Waals surface area (Å²) in [6, 6.07) is 14.1. The molecule has 0 bridgehead atoms. The van der Waals surface area contributed by atoms with Crippen LogP contribution in [-0.4, -0.2) is 31.7 Å². The van der Waals surface area contributed by atoms with E-state index in [1.54, 1.807) is 7.11 Å². The van der Waals surface area contributed by atoms with E-state index in [0.717, 1.165) is 43.1 Å². The highest BCUT2D eigenvalue weighted by molar-refractivity contribution is 5.58. The smallest absolute Gasteiger partial charge is 0.142 e. The third-order valence-corrected chi connectivity index (χ3v) is 3.42. The van der Waals surface area contributed by atoms with Crippen molar-refractivity contribution in [2.45, 2.75) is 12.8 Å². The standard InChI is InChI=1S/C17H23N3O/c1-21-17-9-3-2-8-16(17)20(13-6-11-18)14-10-15-7-4-5-12-19-15/h2-5,7-9,12H,6,10-11,13-14,18H2,1H3. The number of pyridine rings is 1. The minimum absolute atomic E-state index is 0.690. The fourth-order valence-corrected chi connectivity index (χ4v) is 2.32. The van der Waals surface area contributed by atoms with Gasteiger partial charge in [-0.05, 0) is 37.2 Å². The van der Waals surface area contributed by atoms with Gasteiger partial charge in [-0.15, -0.1) is 0 Å². The van der Waals surface area contributed by atoms with Gasteiger partial charge in [0.15, 0.2) is 0 Å². The summed E-state index contributed by atoms with van der Waals surface area (Å²) in [5.74, 6) is 0.899. The molecule has 0 aliphatic heterocycles. The van der Waals surface area contributed by atoms with Crippen molar-refractivity contribution < 1.29 is 4.74 Å². The van der Waals surface area contributed by atoms with Crippen LogP contribution < -0.4 is 15.4 Å². The molecule has 4 heteroatoms. The van der Waals surface area contributed by atoms with Gasteiger partial charge in [0.2, 0.25) is 0 Å². The number of nitrogens with two attached hydrogens (primary N) is 1. The van der Waals surface area contributed by atoms with Gasteiger partial charge in [-0.1, -0.05) is 18.2 Å². The van der Waals surface area contributed by atoms with Gasteiger partial charge >= 0.3 is 0 Å². The minimum Gasteiger partial charge on any atom is -0.495 e. The zero-order valence-electron chi connectivity index (χ0n) is 12.5. The number of ether oxygens (including phenoxy) is 1. The molecule has 0 radical (unpaired) electrons. The van der Waals surface area contributed by atoms with Gasteiger partial charge in [0, 0.05) is 31.4 Å². The highest BCUT2D eigenvalue weighted by atomic mass is 16.5. The lowest BCUT2D eigenvalue weighted by atomic mass is 10.2. The Morgan fingerprint density at radius 1 is 1.10 bits per heavy atom. The number of anilines is 1. The largest absolute Gasteiger partial charge is 0.495 e. The molecule has 2 N–H and O–H groups in total. The van der Waals surface area contributed by atoms with Crippen LogP contribution in [0, 0.1) is 0 Å². The molecule has 0 spiro atoms. The molecule has 0 saturated carbocycles. The summed E-state index contributed by atoms with van der Waals surface area (Å²) < 4.78 is 5.47. The van der Waals surface area contributed by atoms with Crippen LogP contribution >= 0.6 is 0 Å². The number of hydrogen-bond acceptors (Lipinski definition) is 4. The number of rotatable bonds is 8. The molecule has 2 aromatic rings. The van der Waals surface area contributed by atoms with Gasteiger partial charge in [-0.3, -0.25) is 4.98 Å². The van der Waals surface area contributed by atoms with E-state index in [2.05, 4.69) is 22.0 Å². The molecule has 1 aromatic heterocycles. The predicted molar refractivity (Wildman–Crippen MR) is 86.8 cm³/mol. The maximum atomic E-state index is 5.66. The summed E-state index contributed by atoms with van der Waals surface area (Å²) in [5, 5.41) is 0. The van der Waals surface area contributed by atoms with Crippen LogP contribution in [0.15, 0.2) is 48.7 Å². The Morgan fingerprint density at radius 3 is 2.62 bits per heavy atom. The highest BCUT2D eigenvalue weighted by Gasteiger charge is 2.11. The van der Waals surface area contributed by atoms with E-state index in [1.807, 2.05) is 36.5 Å². The first-order valence-corrected chi connectivity index (χ1v) is 7.33. The second kappa shape index (κ2) is 8.27. The van der Waals surface area contributed by atoms with Crippen LogP contribution in [0.2, 0.25) is 0 Å². The van der Waals surface area contributed by atoms with E-state index in [0.29, 0.717) is 6.54 Å². The van der Waals surface area contributed by atoms with Gasteiger partial charge in [0.05, 0.1) is 12.8 Å². The Morgan fingerprint density at radius 2 is 1.90 bits per heavy atom. The summed E-state index contributed by atoms with van der Waals surface area (Å²) in [6.07, 6.45) is 3.70. The van der Waals surface area contributed by atoms with Crippen LogP contribution in [0.3, 0.4) is 0 Å². The lowest BCUT2D eigenvalue weighted by Gasteiger charge is -2.26. The van der Waals surface area contributed by atoms with Crippen molar-refractivity contribution in [3.05, 3.63) is 54.4 Å². The summed E-state index contributed by atoms with van der Waals surface area (Å²) in [6.45, 7) is 2.51. The Hall–Kier alpha value is -2.07. The molecule has 1 aromatic carbocycles. The fraction of sp³-hybridized carbons (Fsp3) is 0.353. The third kappa shape index (κ3) is 4.46. The van der Waals surface area contributed by atoms with Crippen LogP contribution in [0.4, 0.5) is 5.69 Å². The first-order chi connectivity index (χ1) is 10.3. The molecule has 1 heterocycles. The van der Waals surface area contributed by atoms with E-state index in [1.165, 1.54) is 0 Å². The average Bonchev–Trinajstić information content (AvgIpc) is 2.56. The summed E-state index contributed by atoms with van der Waals surface area (Å²) in [5.41, 5.74) is 7.88. The minimum atomic E-state index is 0.690. The molecule has 0 aliphatic rings. The van der Waals surface area contributed by atoms with Gasteiger partial charge in [-0.25, -0.2) is 0 Å². The second-order valence-electron chi connectivity index (χ2n) is 4.87. The molecule has 0 amide bonds. The number of para-hydroxylation sites is 2. The van der Waals surface area contributed by atoms with Crippen molar-refractivity contribution in [3.8, 4) is 5.75 Å². The number of methoxy groups -OCH3 is 1. The zero-order valence-corrected chi connectivity index (χ0v) is 12.5. The van der Waals surface area contributed by atoms with Crippen LogP contribution in [0.5, 0.6) is 5.75 Å². The molecule has 21 heavy (non-hydrogen) atoms. The molecule has 0 unspecified atom stereocenters. The van der Waals surface area contributed by atoms with Crippen molar-refractivity contribution in [2.75, 3.05) is 31.6 Å². The van der Waals surface area contributed by atoms with E-state index in [4.69, 9.17) is 10.5 Å². The summed E-state index contributed by atoms with van der Waals surface area (Å²) in [4.78, 5) is 6.70. The quantitative estimate of drug-likeness (QED) is 0.809. The van der Waals surface area contributed by atoms with Crippen LogP contribution in [-0.2, 0) is 6.42 Å². The van der Waals surface area contributed by atoms with Crippen molar-refractivity contribution >= 4 is 5.69 Å². The SMILES string of the molecule is COc1ccccc1N(CCCN)CCc1ccccn1. The fourth-order valence-electron chi connectivity index (χ4n) is 2.32. The number of aromatic nitrogens is 1. The van der Waals surface area contributed by atoms with E-state index >= 15 is 0 Å². The van der Waals surface area contributed by atoms with Crippen molar-refractivity contribution in [1.29, 1.82) is 0 Å². The first-order valence-electron chi connectivity index (χ1n) is 7.33.